The van der Waals surface area contributed by atoms with Crippen LogP contribution in [0.25, 0.3) is 10.8 Å². The molecule has 1 saturated heterocycles. The van der Waals surface area contributed by atoms with Gasteiger partial charge in [-0.1, -0.05) is 36.4 Å². The number of nitrogens with one attached hydrogen (secondary N) is 1. The van der Waals surface area contributed by atoms with Gasteiger partial charge in [0.15, 0.2) is 0 Å². The molecule has 2 amide bonds. The minimum atomic E-state index is -0.592. The Morgan fingerprint density at radius 2 is 2.04 bits per heavy atom. The Bertz CT molecular complexity index is 737. The van der Waals surface area contributed by atoms with Gasteiger partial charge in [-0.15, -0.1) is 0 Å². The summed E-state index contributed by atoms with van der Waals surface area (Å²) in [6, 6.07) is 13.7. The van der Waals surface area contributed by atoms with Crippen LogP contribution in [0.2, 0.25) is 0 Å². The van der Waals surface area contributed by atoms with Crippen molar-refractivity contribution in [3.8, 4) is 0 Å². The molecule has 1 heterocycles. The maximum Gasteiger partial charge on any atom is 0.227 e. The Balaban J connectivity index is 1.81. The molecule has 0 aromatic heterocycles. The van der Waals surface area contributed by atoms with Crippen molar-refractivity contribution >= 4 is 28.3 Å². The highest BCUT2D eigenvalue weighted by molar-refractivity contribution is 6.06. The van der Waals surface area contributed by atoms with Crippen LogP contribution in [-0.4, -0.2) is 36.1 Å². The molecule has 0 bridgehead atoms. The molecule has 2 aromatic carbocycles. The van der Waals surface area contributed by atoms with E-state index in [-0.39, 0.29) is 30.7 Å². The number of amides is 2. The van der Waals surface area contributed by atoms with Gasteiger partial charge >= 0.3 is 0 Å². The van der Waals surface area contributed by atoms with Crippen molar-refractivity contribution in [2.24, 2.45) is 5.92 Å². The SMILES string of the molecule is CC(O)CNC(=O)C1CC(=O)N(c2cccc3ccccc23)C1. The first kappa shape index (κ1) is 15.5. The van der Waals surface area contributed by atoms with Gasteiger partial charge in [-0.3, -0.25) is 9.59 Å². The minimum absolute atomic E-state index is 0.0430. The number of anilines is 1. The Kier molecular flexibility index (Phi) is 4.30. The predicted octanol–water partition coefficient (Wildman–Crippen LogP) is 1.69. The molecule has 5 heteroatoms. The Morgan fingerprint density at radius 1 is 1.30 bits per heavy atom. The maximum atomic E-state index is 12.4. The van der Waals surface area contributed by atoms with Crippen molar-refractivity contribution in [1.82, 2.24) is 5.32 Å². The van der Waals surface area contributed by atoms with E-state index in [4.69, 9.17) is 0 Å². The topological polar surface area (TPSA) is 69.6 Å². The highest BCUT2D eigenvalue weighted by atomic mass is 16.3. The van der Waals surface area contributed by atoms with Crippen LogP contribution in [-0.2, 0) is 9.59 Å². The standard InChI is InChI=1S/C18H20N2O3/c1-12(21)10-19-18(23)14-9-17(22)20(11-14)16-8-4-6-13-5-2-3-7-15(13)16/h2-8,12,14,21H,9-11H2,1H3,(H,19,23). The number of nitrogens with zero attached hydrogens (tertiary/aromatic N) is 1. The molecule has 1 aliphatic rings. The number of hydrogen-bond donors (Lipinski definition) is 2. The average Bonchev–Trinajstić information content (AvgIpc) is 2.94. The van der Waals surface area contributed by atoms with Crippen LogP contribution in [0, 0.1) is 5.92 Å². The number of carbonyl (C=O) groups is 2. The monoisotopic (exact) mass is 312 g/mol. The lowest BCUT2D eigenvalue weighted by Gasteiger charge is -2.19. The van der Waals surface area contributed by atoms with Gasteiger partial charge in [0.2, 0.25) is 11.8 Å². The quantitative estimate of drug-likeness (QED) is 0.902. The van der Waals surface area contributed by atoms with Crippen molar-refractivity contribution < 1.29 is 14.7 Å². The fourth-order valence-electron chi connectivity index (χ4n) is 2.95. The summed E-state index contributed by atoms with van der Waals surface area (Å²) in [7, 11) is 0. The van der Waals surface area contributed by atoms with Crippen molar-refractivity contribution in [1.29, 1.82) is 0 Å². The zero-order chi connectivity index (χ0) is 16.4. The number of carbonyl (C=O) groups excluding carboxylic acids is 2. The van der Waals surface area contributed by atoms with Crippen LogP contribution in [0.5, 0.6) is 0 Å². The number of hydrogen-bond acceptors (Lipinski definition) is 3. The second kappa shape index (κ2) is 6.38. The van der Waals surface area contributed by atoms with Crippen LogP contribution < -0.4 is 10.2 Å². The largest absolute Gasteiger partial charge is 0.392 e. The molecule has 0 radical (unpaired) electrons. The summed E-state index contributed by atoms with van der Waals surface area (Å²) >= 11 is 0. The molecule has 1 aliphatic heterocycles. The number of aliphatic hydroxyl groups is 1. The second-order valence-electron chi connectivity index (χ2n) is 6.00. The third kappa shape index (κ3) is 3.19. The maximum absolute atomic E-state index is 12.4. The number of rotatable bonds is 4. The van der Waals surface area contributed by atoms with Crippen molar-refractivity contribution in [3.63, 3.8) is 0 Å². The first-order valence-electron chi connectivity index (χ1n) is 7.80. The molecule has 1 fully saturated rings. The normalized spacial score (nSPS) is 19.1. The Morgan fingerprint density at radius 3 is 2.83 bits per heavy atom. The van der Waals surface area contributed by atoms with Gasteiger partial charge < -0.3 is 15.3 Å². The van der Waals surface area contributed by atoms with Crippen LogP contribution >= 0.6 is 0 Å². The molecule has 5 nitrogen and oxygen atoms in total. The summed E-state index contributed by atoms with van der Waals surface area (Å²) in [5.74, 6) is -0.597. The fourth-order valence-corrected chi connectivity index (χ4v) is 2.95. The van der Waals surface area contributed by atoms with Crippen LogP contribution in [0.3, 0.4) is 0 Å². The van der Waals surface area contributed by atoms with Crippen molar-refractivity contribution in [2.45, 2.75) is 19.4 Å². The van der Waals surface area contributed by atoms with E-state index >= 15 is 0 Å². The first-order chi connectivity index (χ1) is 11.1. The lowest BCUT2D eigenvalue weighted by atomic mass is 10.1. The van der Waals surface area contributed by atoms with Crippen LogP contribution in [0.4, 0.5) is 5.69 Å². The van der Waals surface area contributed by atoms with Gasteiger partial charge in [0.05, 0.1) is 17.7 Å². The van der Waals surface area contributed by atoms with Crippen molar-refractivity contribution in [2.75, 3.05) is 18.0 Å². The molecule has 2 atom stereocenters. The summed E-state index contributed by atoms with van der Waals surface area (Å²) in [6.45, 7) is 2.19. The molecule has 2 aromatic rings. The smallest absolute Gasteiger partial charge is 0.227 e. The molecule has 120 valence electrons. The number of benzene rings is 2. The molecule has 3 rings (SSSR count). The Hall–Kier alpha value is -2.40. The van der Waals surface area contributed by atoms with E-state index in [0.29, 0.717) is 6.54 Å². The van der Waals surface area contributed by atoms with E-state index in [2.05, 4.69) is 5.32 Å². The molecular formula is C18H20N2O3. The third-order valence-electron chi connectivity index (χ3n) is 4.12. The molecule has 23 heavy (non-hydrogen) atoms. The van der Waals surface area contributed by atoms with E-state index in [1.807, 2.05) is 42.5 Å². The van der Waals surface area contributed by atoms with E-state index in [9.17, 15) is 14.7 Å². The van der Waals surface area contributed by atoms with Gasteiger partial charge in [0, 0.05) is 24.9 Å². The van der Waals surface area contributed by atoms with Crippen LogP contribution in [0.15, 0.2) is 42.5 Å². The molecule has 2 unspecified atom stereocenters. The third-order valence-corrected chi connectivity index (χ3v) is 4.12. The van der Waals surface area contributed by atoms with E-state index in [1.54, 1.807) is 11.8 Å². The number of aliphatic hydroxyl groups excluding tert-OH is 1. The summed E-state index contributed by atoms with van der Waals surface area (Å²) in [5, 5.41) is 14.0. The average molecular weight is 312 g/mol. The van der Waals surface area contributed by atoms with Crippen molar-refractivity contribution in [3.05, 3.63) is 42.5 Å². The zero-order valence-corrected chi connectivity index (χ0v) is 13.0. The highest BCUT2D eigenvalue weighted by Crippen LogP contribution is 2.31. The van der Waals surface area contributed by atoms with Gasteiger partial charge in [-0.2, -0.15) is 0 Å². The highest BCUT2D eigenvalue weighted by Gasteiger charge is 2.35. The fraction of sp³-hybridized carbons (Fsp3) is 0.333. The van der Waals surface area contributed by atoms with E-state index < -0.39 is 6.10 Å². The summed E-state index contributed by atoms with van der Waals surface area (Å²) in [5.41, 5.74) is 0.846. The summed E-state index contributed by atoms with van der Waals surface area (Å²) in [4.78, 5) is 26.2. The van der Waals surface area contributed by atoms with Gasteiger partial charge in [-0.05, 0) is 18.4 Å². The number of fused-ring (bicyclic) bond motifs is 1. The zero-order valence-electron chi connectivity index (χ0n) is 13.0. The first-order valence-corrected chi connectivity index (χ1v) is 7.80. The molecule has 0 saturated carbocycles. The predicted molar refractivity (Wildman–Crippen MR) is 89.1 cm³/mol. The lowest BCUT2D eigenvalue weighted by molar-refractivity contribution is -0.126. The summed E-state index contributed by atoms with van der Waals surface area (Å²) < 4.78 is 0. The van der Waals surface area contributed by atoms with E-state index in [0.717, 1.165) is 16.5 Å². The van der Waals surface area contributed by atoms with Crippen LogP contribution in [0.1, 0.15) is 13.3 Å². The van der Waals surface area contributed by atoms with Gasteiger partial charge in [-0.25, -0.2) is 0 Å². The Labute approximate surface area is 134 Å². The molecular weight excluding hydrogens is 292 g/mol. The molecule has 2 N–H and O–H groups in total. The minimum Gasteiger partial charge on any atom is -0.392 e. The molecule has 0 spiro atoms. The van der Waals surface area contributed by atoms with Gasteiger partial charge in [0.25, 0.3) is 0 Å². The lowest BCUT2D eigenvalue weighted by Crippen LogP contribution is -2.36. The second-order valence-corrected chi connectivity index (χ2v) is 6.00. The van der Waals surface area contributed by atoms with E-state index in [1.165, 1.54) is 0 Å². The molecule has 0 aliphatic carbocycles. The summed E-state index contributed by atoms with van der Waals surface area (Å²) in [6.07, 6.45) is -0.389. The van der Waals surface area contributed by atoms with Gasteiger partial charge in [0.1, 0.15) is 0 Å².